The third-order valence-electron chi connectivity index (χ3n) is 4.54. The summed E-state index contributed by atoms with van der Waals surface area (Å²) in [5.41, 5.74) is 0.848. The molecule has 0 fully saturated rings. The second-order valence-electron chi connectivity index (χ2n) is 6.51. The van der Waals surface area contributed by atoms with E-state index < -0.39 is 17.8 Å². The minimum atomic E-state index is -0.771. The van der Waals surface area contributed by atoms with Crippen molar-refractivity contribution in [3.63, 3.8) is 0 Å². The van der Waals surface area contributed by atoms with Crippen LogP contribution in [0.3, 0.4) is 0 Å². The van der Waals surface area contributed by atoms with E-state index in [1.54, 1.807) is 26.0 Å². The summed E-state index contributed by atoms with van der Waals surface area (Å²) in [5.74, 6) is -0.998. The predicted octanol–water partition coefficient (Wildman–Crippen LogP) is 4.20. The van der Waals surface area contributed by atoms with Gasteiger partial charge in [-0.2, -0.15) is 0 Å². The highest BCUT2D eigenvalue weighted by Gasteiger charge is 2.29. The summed E-state index contributed by atoms with van der Waals surface area (Å²) in [5, 5.41) is 3.59. The van der Waals surface area contributed by atoms with Gasteiger partial charge in [0.1, 0.15) is 11.4 Å². The smallest absolute Gasteiger partial charge is 0.357 e. The number of halogens is 1. The molecule has 1 aliphatic heterocycles. The van der Waals surface area contributed by atoms with Crippen LogP contribution >= 0.6 is 0 Å². The zero-order valence-corrected chi connectivity index (χ0v) is 16.9. The molecular formula is C22H19FN2O6. The third-order valence-corrected chi connectivity index (χ3v) is 4.54. The summed E-state index contributed by atoms with van der Waals surface area (Å²) in [6.07, 6.45) is 0. The molecule has 2 heterocycles. The maximum atomic E-state index is 13.4. The molecule has 1 N–H and O–H groups in total. The van der Waals surface area contributed by atoms with Crippen molar-refractivity contribution in [3.8, 4) is 11.5 Å². The van der Waals surface area contributed by atoms with Gasteiger partial charge in [0.15, 0.2) is 17.2 Å². The highest BCUT2D eigenvalue weighted by Crippen LogP contribution is 2.40. The zero-order valence-electron chi connectivity index (χ0n) is 16.9. The summed E-state index contributed by atoms with van der Waals surface area (Å²) in [6.45, 7) is 3.54. The fourth-order valence-corrected chi connectivity index (χ4v) is 3.21. The van der Waals surface area contributed by atoms with Gasteiger partial charge in [0.25, 0.3) is 0 Å². The van der Waals surface area contributed by atoms with Gasteiger partial charge >= 0.3 is 11.9 Å². The van der Waals surface area contributed by atoms with Crippen molar-refractivity contribution in [3.05, 3.63) is 53.5 Å². The number of ether oxygens (including phenoxy) is 4. The monoisotopic (exact) mass is 426 g/mol. The molecule has 1 aliphatic rings. The van der Waals surface area contributed by atoms with Crippen LogP contribution < -0.4 is 14.8 Å². The Bertz CT molecular complexity index is 1160. The zero-order chi connectivity index (χ0) is 22.0. The molecule has 4 rings (SSSR count). The van der Waals surface area contributed by atoms with E-state index in [1.165, 1.54) is 24.3 Å². The van der Waals surface area contributed by atoms with E-state index in [0.29, 0.717) is 28.1 Å². The molecule has 0 saturated carbocycles. The van der Waals surface area contributed by atoms with Gasteiger partial charge in [-0.1, -0.05) is 0 Å². The topological polar surface area (TPSA) is 96.0 Å². The first-order valence-corrected chi connectivity index (χ1v) is 9.66. The van der Waals surface area contributed by atoms with Crippen molar-refractivity contribution < 1.29 is 32.9 Å². The molecule has 0 radical (unpaired) electrons. The number of esters is 2. The Balaban J connectivity index is 1.99. The summed E-state index contributed by atoms with van der Waals surface area (Å²) < 4.78 is 34.6. The molecule has 0 saturated heterocycles. The minimum Gasteiger partial charge on any atom is -0.462 e. The molecule has 31 heavy (non-hydrogen) atoms. The highest BCUT2D eigenvalue weighted by molar-refractivity contribution is 6.13. The Hall–Kier alpha value is -3.88. The standard InChI is InChI=1S/C22H19FN2O6/c1-3-28-21(26)18-19(24-13-7-5-12(23)6-8-13)14-9-16-17(31-11-30-16)10-15(14)25-20(18)22(27)29-4-2/h5-10H,3-4,11H2,1-2H3,(H,24,25). The molecule has 2 aromatic carbocycles. The van der Waals surface area contributed by atoms with Crippen molar-refractivity contribution in [2.75, 3.05) is 25.3 Å². The van der Waals surface area contributed by atoms with Crippen molar-refractivity contribution in [2.24, 2.45) is 0 Å². The van der Waals surface area contributed by atoms with E-state index in [4.69, 9.17) is 18.9 Å². The minimum absolute atomic E-state index is 0.0435. The number of nitrogens with zero attached hydrogens (tertiary/aromatic N) is 1. The molecule has 160 valence electrons. The SMILES string of the molecule is CCOC(=O)c1nc2cc3c(cc2c(Nc2ccc(F)cc2)c1C(=O)OCC)OCO3. The van der Waals surface area contributed by atoms with Crippen LogP contribution in [0.5, 0.6) is 11.5 Å². The van der Waals surface area contributed by atoms with Gasteiger partial charge in [0, 0.05) is 17.1 Å². The molecule has 3 aromatic rings. The average molecular weight is 426 g/mol. The average Bonchev–Trinajstić information content (AvgIpc) is 3.21. The normalized spacial score (nSPS) is 12.0. The molecule has 8 nitrogen and oxygen atoms in total. The molecule has 0 bridgehead atoms. The number of anilines is 2. The maximum absolute atomic E-state index is 13.4. The van der Waals surface area contributed by atoms with Gasteiger partial charge in [-0.05, 0) is 44.2 Å². The lowest BCUT2D eigenvalue weighted by Crippen LogP contribution is -2.18. The van der Waals surface area contributed by atoms with Crippen molar-refractivity contribution >= 4 is 34.2 Å². The molecule has 1 aromatic heterocycles. The number of nitrogens with one attached hydrogen (secondary N) is 1. The third kappa shape index (κ3) is 3.94. The van der Waals surface area contributed by atoms with Gasteiger partial charge < -0.3 is 24.3 Å². The van der Waals surface area contributed by atoms with E-state index in [-0.39, 0.29) is 37.0 Å². The van der Waals surface area contributed by atoms with Crippen LogP contribution in [0.25, 0.3) is 10.9 Å². The largest absolute Gasteiger partial charge is 0.462 e. The first kappa shape index (κ1) is 20.4. The van der Waals surface area contributed by atoms with Crippen molar-refractivity contribution in [1.29, 1.82) is 0 Å². The Kier molecular flexibility index (Phi) is 5.57. The Morgan fingerprint density at radius 2 is 1.68 bits per heavy atom. The Labute approximate surface area is 176 Å². The van der Waals surface area contributed by atoms with E-state index in [1.807, 2.05) is 0 Å². The predicted molar refractivity (Wildman–Crippen MR) is 109 cm³/mol. The van der Waals surface area contributed by atoms with Gasteiger partial charge in [-0.25, -0.2) is 19.0 Å². The lowest BCUT2D eigenvalue weighted by molar-refractivity contribution is 0.0475. The molecular weight excluding hydrogens is 407 g/mol. The number of rotatable bonds is 6. The lowest BCUT2D eigenvalue weighted by atomic mass is 10.0. The van der Waals surface area contributed by atoms with E-state index >= 15 is 0 Å². The van der Waals surface area contributed by atoms with Crippen LogP contribution in [0, 0.1) is 5.82 Å². The van der Waals surface area contributed by atoms with Crippen LogP contribution in [-0.4, -0.2) is 36.9 Å². The Morgan fingerprint density at radius 3 is 2.35 bits per heavy atom. The summed E-state index contributed by atoms with van der Waals surface area (Å²) in [7, 11) is 0. The fourth-order valence-electron chi connectivity index (χ4n) is 3.21. The lowest BCUT2D eigenvalue weighted by Gasteiger charge is -2.17. The van der Waals surface area contributed by atoms with Crippen LogP contribution in [0.2, 0.25) is 0 Å². The quantitative estimate of drug-likeness (QED) is 0.586. The molecule has 0 amide bonds. The number of pyridine rings is 1. The highest BCUT2D eigenvalue weighted by atomic mass is 19.1. The second-order valence-corrected chi connectivity index (χ2v) is 6.51. The number of aromatic nitrogens is 1. The second kappa shape index (κ2) is 8.47. The fraction of sp³-hybridized carbons (Fsp3) is 0.227. The van der Waals surface area contributed by atoms with Crippen LogP contribution in [0.15, 0.2) is 36.4 Å². The van der Waals surface area contributed by atoms with Gasteiger partial charge in [-0.3, -0.25) is 0 Å². The summed E-state index contributed by atoms with van der Waals surface area (Å²) in [6, 6.07) is 8.84. The van der Waals surface area contributed by atoms with Gasteiger partial charge in [0.05, 0.1) is 24.4 Å². The van der Waals surface area contributed by atoms with Crippen LogP contribution in [0.4, 0.5) is 15.8 Å². The summed E-state index contributed by atoms with van der Waals surface area (Å²) >= 11 is 0. The van der Waals surface area contributed by atoms with E-state index in [0.717, 1.165) is 0 Å². The van der Waals surface area contributed by atoms with Gasteiger partial charge in [-0.15, -0.1) is 0 Å². The van der Waals surface area contributed by atoms with Gasteiger partial charge in [0.2, 0.25) is 6.79 Å². The number of benzene rings is 2. The Morgan fingerprint density at radius 1 is 1.03 bits per heavy atom. The first-order valence-electron chi connectivity index (χ1n) is 9.66. The molecule has 0 unspecified atom stereocenters. The molecule has 0 aliphatic carbocycles. The van der Waals surface area contributed by atoms with Crippen LogP contribution in [0.1, 0.15) is 34.7 Å². The van der Waals surface area contributed by atoms with Crippen LogP contribution in [-0.2, 0) is 9.47 Å². The summed E-state index contributed by atoms with van der Waals surface area (Å²) in [4.78, 5) is 29.9. The molecule has 0 atom stereocenters. The molecule has 0 spiro atoms. The maximum Gasteiger partial charge on any atom is 0.357 e. The van der Waals surface area contributed by atoms with E-state index in [9.17, 15) is 14.0 Å². The number of fused-ring (bicyclic) bond motifs is 2. The van der Waals surface area contributed by atoms with E-state index in [2.05, 4.69) is 10.3 Å². The number of hydrogen-bond donors (Lipinski definition) is 1. The number of carbonyl (C=O) groups is 2. The number of carbonyl (C=O) groups excluding carboxylic acids is 2. The molecule has 9 heteroatoms. The van der Waals surface area contributed by atoms with Crippen molar-refractivity contribution in [2.45, 2.75) is 13.8 Å². The first-order chi connectivity index (χ1) is 15.0. The number of hydrogen-bond acceptors (Lipinski definition) is 8. The van der Waals surface area contributed by atoms with Crippen molar-refractivity contribution in [1.82, 2.24) is 4.98 Å².